The highest BCUT2D eigenvalue weighted by Gasteiger charge is 2.27. The van der Waals surface area contributed by atoms with Crippen LogP contribution in [0.4, 0.5) is 5.69 Å². The quantitative estimate of drug-likeness (QED) is 0.817. The van der Waals surface area contributed by atoms with Crippen LogP contribution in [-0.2, 0) is 0 Å². The maximum atomic E-state index is 10.6. The predicted octanol–water partition coefficient (Wildman–Crippen LogP) is 3.36. The molecule has 0 bridgehead atoms. The van der Waals surface area contributed by atoms with Crippen LogP contribution in [0.1, 0.15) is 49.7 Å². The molecule has 19 heavy (non-hydrogen) atoms. The summed E-state index contributed by atoms with van der Waals surface area (Å²) in [4.78, 5) is 0. The van der Waals surface area contributed by atoms with E-state index < -0.39 is 5.60 Å². The largest absolute Gasteiger partial charge is 0.388 e. The Bertz CT molecular complexity index is 468. The van der Waals surface area contributed by atoms with Crippen LogP contribution < -0.4 is 5.32 Å². The SMILES string of the molecule is Cc1cccc(NCC2(O)CCCCCC2)c1C#N. The van der Waals surface area contributed by atoms with Crippen molar-refractivity contribution >= 4 is 5.69 Å². The second-order valence-electron chi connectivity index (χ2n) is 5.60. The molecule has 1 saturated carbocycles. The van der Waals surface area contributed by atoms with Crippen LogP contribution in [0, 0.1) is 18.3 Å². The number of hydrogen-bond acceptors (Lipinski definition) is 3. The Labute approximate surface area is 115 Å². The van der Waals surface area contributed by atoms with Crippen molar-refractivity contribution in [3.63, 3.8) is 0 Å². The molecule has 1 fully saturated rings. The van der Waals surface area contributed by atoms with Crippen LogP contribution in [0.25, 0.3) is 0 Å². The molecule has 1 aromatic rings. The molecule has 2 rings (SSSR count). The van der Waals surface area contributed by atoms with Gasteiger partial charge >= 0.3 is 0 Å². The molecule has 1 aliphatic carbocycles. The minimum absolute atomic E-state index is 0.533. The Balaban J connectivity index is 2.06. The number of benzene rings is 1. The van der Waals surface area contributed by atoms with E-state index in [1.54, 1.807) is 0 Å². The van der Waals surface area contributed by atoms with E-state index in [1.165, 1.54) is 12.8 Å². The first-order valence-electron chi connectivity index (χ1n) is 7.11. The highest BCUT2D eigenvalue weighted by atomic mass is 16.3. The zero-order valence-electron chi connectivity index (χ0n) is 11.6. The van der Waals surface area contributed by atoms with Gasteiger partial charge in [0.2, 0.25) is 0 Å². The van der Waals surface area contributed by atoms with E-state index in [0.29, 0.717) is 12.1 Å². The van der Waals surface area contributed by atoms with Crippen molar-refractivity contribution in [2.24, 2.45) is 0 Å². The topological polar surface area (TPSA) is 56.0 Å². The molecule has 0 atom stereocenters. The highest BCUT2D eigenvalue weighted by molar-refractivity contribution is 5.60. The Hall–Kier alpha value is -1.53. The zero-order valence-corrected chi connectivity index (χ0v) is 11.6. The minimum Gasteiger partial charge on any atom is -0.388 e. The first-order valence-corrected chi connectivity index (χ1v) is 7.11. The second-order valence-corrected chi connectivity index (χ2v) is 5.60. The van der Waals surface area contributed by atoms with E-state index in [4.69, 9.17) is 0 Å². The summed E-state index contributed by atoms with van der Waals surface area (Å²) in [6, 6.07) is 8.02. The van der Waals surface area contributed by atoms with Gasteiger partial charge in [-0.05, 0) is 31.4 Å². The molecule has 3 heteroatoms. The van der Waals surface area contributed by atoms with Crippen LogP contribution >= 0.6 is 0 Å². The molecule has 0 amide bonds. The molecule has 1 aliphatic rings. The highest BCUT2D eigenvalue weighted by Crippen LogP contribution is 2.28. The first kappa shape index (κ1) is 13.9. The number of aryl methyl sites for hydroxylation is 1. The number of anilines is 1. The molecule has 102 valence electrons. The number of aliphatic hydroxyl groups is 1. The van der Waals surface area contributed by atoms with Crippen molar-refractivity contribution in [3.8, 4) is 6.07 Å². The molecule has 0 saturated heterocycles. The summed E-state index contributed by atoms with van der Waals surface area (Å²) in [5, 5.41) is 23.1. The number of rotatable bonds is 3. The Morgan fingerprint density at radius 2 is 1.95 bits per heavy atom. The zero-order chi connectivity index (χ0) is 13.7. The molecule has 2 N–H and O–H groups in total. The van der Waals surface area contributed by atoms with E-state index in [-0.39, 0.29) is 0 Å². The summed E-state index contributed by atoms with van der Waals surface area (Å²) >= 11 is 0. The van der Waals surface area contributed by atoms with Gasteiger partial charge < -0.3 is 10.4 Å². The summed E-state index contributed by atoms with van der Waals surface area (Å²) in [6.45, 7) is 2.47. The molecule has 0 unspecified atom stereocenters. The van der Waals surface area contributed by atoms with Gasteiger partial charge in [0.05, 0.1) is 16.9 Å². The lowest BCUT2D eigenvalue weighted by Gasteiger charge is -2.27. The van der Waals surface area contributed by atoms with Gasteiger partial charge in [0, 0.05) is 6.54 Å². The summed E-state index contributed by atoms with van der Waals surface area (Å²) in [6.07, 6.45) is 6.34. The number of nitrogens with zero attached hydrogens (tertiary/aromatic N) is 1. The lowest BCUT2D eigenvalue weighted by atomic mass is 9.94. The van der Waals surface area contributed by atoms with Crippen LogP contribution in [-0.4, -0.2) is 17.3 Å². The summed E-state index contributed by atoms with van der Waals surface area (Å²) < 4.78 is 0. The predicted molar refractivity (Wildman–Crippen MR) is 77.0 cm³/mol. The second kappa shape index (κ2) is 6.08. The lowest BCUT2D eigenvalue weighted by molar-refractivity contribution is 0.0381. The molecule has 0 spiro atoms. The van der Waals surface area contributed by atoms with Crippen molar-refractivity contribution in [2.45, 2.75) is 51.0 Å². The van der Waals surface area contributed by atoms with Gasteiger partial charge in [0.1, 0.15) is 6.07 Å². The third-order valence-electron chi connectivity index (χ3n) is 4.03. The Morgan fingerprint density at radius 3 is 2.58 bits per heavy atom. The van der Waals surface area contributed by atoms with Crippen LogP contribution in [0.2, 0.25) is 0 Å². The maximum absolute atomic E-state index is 10.6. The van der Waals surface area contributed by atoms with Gasteiger partial charge in [-0.1, -0.05) is 37.8 Å². The van der Waals surface area contributed by atoms with E-state index in [0.717, 1.165) is 36.9 Å². The third kappa shape index (κ3) is 3.48. The molecule has 0 aromatic heterocycles. The standard InChI is InChI=1S/C16H22N2O/c1-13-7-6-8-15(14(13)11-17)18-12-16(19)9-4-2-3-5-10-16/h6-8,18-19H,2-5,9-10,12H2,1H3. The summed E-state index contributed by atoms with van der Waals surface area (Å²) in [5.74, 6) is 0. The average molecular weight is 258 g/mol. The fraction of sp³-hybridized carbons (Fsp3) is 0.562. The van der Waals surface area contributed by atoms with Crippen LogP contribution in [0.15, 0.2) is 18.2 Å². The normalized spacial score (nSPS) is 18.4. The molecular formula is C16H22N2O. The van der Waals surface area contributed by atoms with E-state index in [1.807, 2.05) is 25.1 Å². The fourth-order valence-electron chi connectivity index (χ4n) is 2.79. The van der Waals surface area contributed by atoms with Crippen LogP contribution in [0.5, 0.6) is 0 Å². The molecule has 1 aromatic carbocycles. The molecule has 3 nitrogen and oxygen atoms in total. The minimum atomic E-state index is -0.618. The van der Waals surface area contributed by atoms with Crippen molar-refractivity contribution in [2.75, 3.05) is 11.9 Å². The Kier molecular flexibility index (Phi) is 4.44. The van der Waals surface area contributed by atoms with Gasteiger partial charge in [-0.2, -0.15) is 5.26 Å². The van der Waals surface area contributed by atoms with Crippen molar-refractivity contribution in [3.05, 3.63) is 29.3 Å². The number of nitrogens with one attached hydrogen (secondary N) is 1. The van der Waals surface area contributed by atoms with E-state index in [2.05, 4.69) is 11.4 Å². The van der Waals surface area contributed by atoms with Crippen molar-refractivity contribution in [1.29, 1.82) is 5.26 Å². The average Bonchev–Trinajstić information content (AvgIpc) is 2.62. The smallest absolute Gasteiger partial charge is 0.102 e. The molecule has 0 radical (unpaired) electrons. The fourth-order valence-corrected chi connectivity index (χ4v) is 2.79. The maximum Gasteiger partial charge on any atom is 0.102 e. The van der Waals surface area contributed by atoms with Gasteiger partial charge in [-0.3, -0.25) is 0 Å². The van der Waals surface area contributed by atoms with Gasteiger partial charge in [0.15, 0.2) is 0 Å². The van der Waals surface area contributed by atoms with Gasteiger partial charge in [0.25, 0.3) is 0 Å². The Morgan fingerprint density at radius 1 is 1.26 bits per heavy atom. The molecule has 0 heterocycles. The summed E-state index contributed by atoms with van der Waals surface area (Å²) in [7, 11) is 0. The lowest BCUT2D eigenvalue weighted by Crippen LogP contribution is -2.36. The van der Waals surface area contributed by atoms with Crippen molar-refractivity contribution in [1.82, 2.24) is 0 Å². The van der Waals surface area contributed by atoms with Gasteiger partial charge in [-0.25, -0.2) is 0 Å². The third-order valence-corrected chi connectivity index (χ3v) is 4.03. The number of hydrogen-bond donors (Lipinski definition) is 2. The summed E-state index contributed by atoms with van der Waals surface area (Å²) in [5.41, 5.74) is 1.87. The number of nitriles is 1. The first-order chi connectivity index (χ1) is 9.14. The molecule has 0 aliphatic heterocycles. The monoisotopic (exact) mass is 258 g/mol. The van der Waals surface area contributed by atoms with Gasteiger partial charge in [-0.15, -0.1) is 0 Å². The van der Waals surface area contributed by atoms with E-state index >= 15 is 0 Å². The molecular weight excluding hydrogens is 236 g/mol. The van der Waals surface area contributed by atoms with Crippen LogP contribution in [0.3, 0.4) is 0 Å². The van der Waals surface area contributed by atoms with E-state index in [9.17, 15) is 10.4 Å². The van der Waals surface area contributed by atoms with Crippen molar-refractivity contribution < 1.29 is 5.11 Å².